The second-order valence-corrected chi connectivity index (χ2v) is 8.85. The monoisotopic (exact) mass is 503 g/mol. The zero-order valence-corrected chi connectivity index (χ0v) is 20.5. The summed E-state index contributed by atoms with van der Waals surface area (Å²) in [6, 6.07) is 21.5. The first-order valence-electron chi connectivity index (χ1n) is 12.1. The summed E-state index contributed by atoms with van der Waals surface area (Å²) in [5.41, 5.74) is 2.09. The van der Waals surface area contributed by atoms with Crippen molar-refractivity contribution >= 4 is 23.5 Å². The van der Waals surface area contributed by atoms with Gasteiger partial charge in [0.25, 0.3) is 5.56 Å². The predicted molar refractivity (Wildman–Crippen MR) is 136 cm³/mol. The topological polar surface area (TPSA) is 116 Å². The summed E-state index contributed by atoms with van der Waals surface area (Å²) in [5.74, 6) is -1.24. The molecule has 1 aromatic heterocycles. The van der Waals surface area contributed by atoms with Crippen LogP contribution in [0.4, 0.5) is 5.69 Å². The number of anilines is 1. The quantitative estimate of drug-likeness (QED) is 0.411. The van der Waals surface area contributed by atoms with Crippen LogP contribution < -0.4 is 16.2 Å². The Morgan fingerprint density at radius 3 is 2.32 bits per heavy atom. The van der Waals surface area contributed by atoms with Crippen LogP contribution in [0, 0.1) is 6.92 Å². The smallest absolute Gasteiger partial charge is 0.310 e. The van der Waals surface area contributed by atoms with Crippen molar-refractivity contribution in [1.29, 1.82) is 0 Å². The maximum absolute atomic E-state index is 13.0. The SMILES string of the molecule is Cc1ccc(NC(=O)CCc2ccccc2)c(=O)n1CC(=O)NC1CC(=O)OC1OCc1ccccc1. The maximum Gasteiger partial charge on any atom is 0.310 e. The van der Waals surface area contributed by atoms with Gasteiger partial charge in [-0.05, 0) is 36.6 Å². The van der Waals surface area contributed by atoms with Gasteiger partial charge >= 0.3 is 5.97 Å². The standard InChI is InChI=1S/C28H29N3O6/c1-19-12-14-22(29-24(32)15-13-20-8-4-2-5-9-20)27(35)31(19)17-25(33)30-23-16-26(34)37-28(23)36-18-21-10-6-3-7-11-21/h2-12,14,23,28H,13,15-18H2,1H3,(H,29,32)(H,30,33). The molecule has 2 amide bonds. The van der Waals surface area contributed by atoms with E-state index < -0.39 is 29.8 Å². The average Bonchev–Trinajstić information content (AvgIpc) is 3.25. The molecule has 0 bridgehead atoms. The number of amides is 2. The number of aromatic nitrogens is 1. The van der Waals surface area contributed by atoms with Crippen LogP contribution in [0.5, 0.6) is 0 Å². The summed E-state index contributed by atoms with van der Waals surface area (Å²) in [4.78, 5) is 50.1. The fourth-order valence-corrected chi connectivity index (χ4v) is 4.03. The van der Waals surface area contributed by atoms with Crippen LogP contribution in [-0.4, -0.2) is 34.7 Å². The number of aryl methyl sites for hydroxylation is 2. The molecule has 1 aliphatic heterocycles. The molecule has 1 fully saturated rings. The lowest BCUT2D eigenvalue weighted by Gasteiger charge is -2.20. The van der Waals surface area contributed by atoms with Gasteiger partial charge < -0.3 is 24.7 Å². The molecule has 2 heterocycles. The van der Waals surface area contributed by atoms with Crippen molar-refractivity contribution in [3.8, 4) is 0 Å². The van der Waals surface area contributed by atoms with E-state index in [9.17, 15) is 19.2 Å². The lowest BCUT2D eigenvalue weighted by Crippen LogP contribution is -2.44. The Morgan fingerprint density at radius 2 is 1.62 bits per heavy atom. The number of cyclic esters (lactones) is 1. The van der Waals surface area contributed by atoms with E-state index in [1.807, 2.05) is 60.7 Å². The van der Waals surface area contributed by atoms with E-state index in [2.05, 4.69) is 10.6 Å². The summed E-state index contributed by atoms with van der Waals surface area (Å²) in [7, 11) is 0. The van der Waals surface area contributed by atoms with Crippen molar-refractivity contribution in [3.05, 3.63) is 100.0 Å². The minimum Gasteiger partial charge on any atom is -0.433 e. The lowest BCUT2D eigenvalue weighted by atomic mass is 10.1. The molecule has 0 saturated carbocycles. The third-order valence-electron chi connectivity index (χ3n) is 6.02. The number of nitrogens with one attached hydrogen (secondary N) is 2. The molecule has 1 saturated heterocycles. The molecule has 0 radical (unpaired) electrons. The van der Waals surface area contributed by atoms with Crippen molar-refractivity contribution in [3.63, 3.8) is 0 Å². The first-order valence-corrected chi connectivity index (χ1v) is 12.1. The summed E-state index contributed by atoms with van der Waals surface area (Å²) in [6.45, 7) is 1.63. The molecule has 192 valence electrons. The van der Waals surface area contributed by atoms with Crippen molar-refractivity contribution in [2.45, 2.75) is 51.7 Å². The van der Waals surface area contributed by atoms with Gasteiger partial charge in [-0.15, -0.1) is 0 Å². The van der Waals surface area contributed by atoms with E-state index in [0.29, 0.717) is 12.1 Å². The fraction of sp³-hybridized carbons (Fsp3) is 0.286. The highest BCUT2D eigenvalue weighted by atomic mass is 16.7. The minimum atomic E-state index is -0.926. The summed E-state index contributed by atoms with van der Waals surface area (Å²) >= 11 is 0. The van der Waals surface area contributed by atoms with Crippen molar-refractivity contribution in [2.24, 2.45) is 0 Å². The Morgan fingerprint density at radius 1 is 0.946 bits per heavy atom. The van der Waals surface area contributed by atoms with Crippen LogP contribution in [-0.2, 0) is 43.4 Å². The molecular formula is C28H29N3O6. The molecule has 2 atom stereocenters. The predicted octanol–water partition coefficient (Wildman–Crippen LogP) is 2.70. The van der Waals surface area contributed by atoms with Gasteiger partial charge in [0, 0.05) is 12.1 Å². The molecule has 2 aromatic carbocycles. The average molecular weight is 504 g/mol. The van der Waals surface area contributed by atoms with Gasteiger partial charge in [0.1, 0.15) is 18.3 Å². The number of ether oxygens (including phenoxy) is 2. The molecule has 2 unspecified atom stereocenters. The summed E-state index contributed by atoms with van der Waals surface area (Å²) in [5, 5.41) is 5.39. The van der Waals surface area contributed by atoms with Gasteiger partial charge in [-0.1, -0.05) is 60.7 Å². The number of rotatable bonds is 10. The number of hydrogen-bond donors (Lipinski definition) is 2. The number of carbonyl (C=O) groups excluding carboxylic acids is 3. The zero-order chi connectivity index (χ0) is 26.2. The largest absolute Gasteiger partial charge is 0.433 e. The van der Waals surface area contributed by atoms with Crippen molar-refractivity contribution in [2.75, 3.05) is 5.32 Å². The van der Waals surface area contributed by atoms with Crippen LogP contribution in [0.25, 0.3) is 0 Å². The number of nitrogens with zero attached hydrogens (tertiary/aromatic N) is 1. The second-order valence-electron chi connectivity index (χ2n) is 8.85. The normalized spacial score (nSPS) is 16.7. The van der Waals surface area contributed by atoms with Gasteiger partial charge in [0.2, 0.25) is 18.1 Å². The highest BCUT2D eigenvalue weighted by Gasteiger charge is 2.36. The Kier molecular flexibility index (Phi) is 8.48. The van der Waals surface area contributed by atoms with E-state index >= 15 is 0 Å². The Hall–Kier alpha value is -4.24. The maximum atomic E-state index is 13.0. The first-order chi connectivity index (χ1) is 17.9. The Labute approximate surface area is 214 Å². The van der Waals surface area contributed by atoms with Crippen LogP contribution in [0.15, 0.2) is 77.6 Å². The molecular weight excluding hydrogens is 474 g/mol. The molecule has 1 aliphatic rings. The van der Waals surface area contributed by atoms with E-state index in [1.165, 1.54) is 10.6 Å². The molecule has 2 N–H and O–H groups in total. The third-order valence-corrected chi connectivity index (χ3v) is 6.02. The van der Waals surface area contributed by atoms with Gasteiger partial charge in [-0.25, -0.2) is 0 Å². The van der Waals surface area contributed by atoms with Gasteiger partial charge in [0.15, 0.2) is 0 Å². The van der Waals surface area contributed by atoms with E-state index in [0.717, 1.165) is 11.1 Å². The van der Waals surface area contributed by atoms with E-state index in [-0.39, 0.29) is 37.6 Å². The molecule has 0 aliphatic carbocycles. The number of esters is 1. The van der Waals surface area contributed by atoms with Crippen molar-refractivity contribution in [1.82, 2.24) is 9.88 Å². The number of benzene rings is 2. The third kappa shape index (κ3) is 7.14. The number of carbonyl (C=O) groups is 3. The van der Waals surface area contributed by atoms with Crippen LogP contribution in [0.2, 0.25) is 0 Å². The van der Waals surface area contributed by atoms with Gasteiger partial charge in [-0.3, -0.25) is 19.2 Å². The van der Waals surface area contributed by atoms with Crippen LogP contribution in [0.3, 0.4) is 0 Å². The molecule has 9 heteroatoms. The van der Waals surface area contributed by atoms with Crippen molar-refractivity contribution < 1.29 is 23.9 Å². The Bertz CT molecular complexity index is 1310. The molecule has 0 spiro atoms. The lowest BCUT2D eigenvalue weighted by molar-refractivity contribution is -0.168. The molecule has 3 aromatic rings. The van der Waals surface area contributed by atoms with Gasteiger partial charge in [-0.2, -0.15) is 0 Å². The first kappa shape index (κ1) is 25.8. The van der Waals surface area contributed by atoms with Crippen LogP contribution in [0.1, 0.15) is 29.7 Å². The summed E-state index contributed by atoms with van der Waals surface area (Å²) < 4.78 is 12.2. The molecule has 4 rings (SSSR count). The highest BCUT2D eigenvalue weighted by molar-refractivity contribution is 5.90. The fourth-order valence-electron chi connectivity index (χ4n) is 4.03. The molecule has 37 heavy (non-hydrogen) atoms. The van der Waals surface area contributed by atoms with E-state index in [4.69, 9.17) is 9.47 Å². The molecule has 9 nitrogen and oxygen atoms in total. The van der Waals surface area contributed by atoms with Crippen LogP contribution >= 0.6 is 0 Å². The number of pyridine rings is 1. The zero-order valence-electron chi connectivity index (χ0n) is 20.5. The highest BCUT2D eigenvalue weighted by Crippen LogP contribution is 2.18. The summed E-state index contributed by atoms with van der Waals surface area (Å²) in [6.07, 6.45) is -0.191. The van der Waals surface area contributed by atoms with Gasteiger partial charge in [0.05, 0.1) is 13.0 Å². The van der Waals surface area contributed by atoms with E-state index in [1.54, 1.807) is 13.0 Å². The second kappa shape index (κ2) is 12.1. The Balaban J connectivity index is 1.35. The number of hydrogen-bond acceptors (Lipinski definition) is 6. The minimum absolute atomic E-state index is 0.0312.